The number of rotatable bonds is 5. The first-order valence-corrected chi connectivity index (χ1v) is 8.19. The van der Waals surface area contributed by atoms with Crippen LogP contribution >= 0.6 is 0 Å². The highest BCUT2D eigenvalue weighted by Crippen LogP contribution is 2.29. The van der Waals surface area contributed by atoms with Gasteiger partial charge in [-0.25, -0.2) is 8.42 Å². The zero-order chi connectivity index (χ0) is 17.3. The first kappa shape index (κ1) is 18.6. The molecule has 0 atom stereocenters. The van der Waals surface area contributed by atoms with Gasteiger partial charge in [0, 0.05) is 12.6 Å². The summed E-state index contributed by atoms with van der Waals surface area (Å²) in [5, 5.41) is 2.68. The van der Waals surface area contributed by atoms with Gasteiger partial charge in [-0.1, -0.05) is 6.92 Å². The summed E-state index contributed by atoms with van der Waals surface area (Å²) in [6.45, 7) is 5.23. The number of sulfone groups is 1. The molecule has 0 spiro atoms. The Balaban J connectivity index is 3.31. The number of nitrogens with one attached hydrogen (secondary N) is 1. The predicted molar refractivity (Wildman–Crippen MR) is 75.9 cm³/mol. The summed E-state index contributed by atoms with van der Waals surface area (Å²) in [5.41, 5.74) is -0.520. The van der Waals surface area contributed by atoms with E-state index in [-0.39, 0.29) is 16.6 Å². The molecular formula is C12H20F3N3O3S. The van der Waals surface area contributed by atoms with Gasteiger partial charge in [0.15, 0.2) is 27.3 Å². The fourth-order valence-corrected chi connectivity index (χ4v) is 2.83. The van der Waals surface area contributed by atoms with Gasteiger partial charge in [-0.15, -0.1) is 0 Å². The van der Waals surface area contributed by atoms with Crippen molar-refractivity contribution < 1.29 is 26.3 Å². The highest BCUT2D eigenvalue weighted by atomic mass is 32.2. The van der Waals surface area contributed by atoms with E-state index < -0.39 is 34.2 Å². The van der Waals surface area contributed by atoms with Gasteiger partial charge in [0.1, 0.15) is 0 Å². The minimum atomic E-state index is -4.53. The molecule has 0 saturated carbocycles. The average Bonchev–Trinajstić information content (AvgIpc) is 2.60. The quantitative estimate of drug-likeness (QED) is 0.888. The van der Waals surface area contributed by atoms with Crippen LogP contribution in [0.5, 0.6) is 6.01 Å². The largest absolute Gasteiger partial charge is 0.455 e. The number of imidazole rings is 1. The van der Waals surface area contributed by atoms with Crippen LogP contribution in [0, 0.1) is 0 Å². The van der Waals surface area contributed by atoms with Crippen molar-refractivity contribution in [1.82, 2.24) is 9.55 Å². The van der Waals surface area contributed by atoms with Crippen LogP contribution in [0.2, 0.25) is 0 Å². The maximum atomic E-state index is 12.3. The molecule has 128 valence electrons. The first-order valence-electron chi connectivity index (χ1n) is 6.54. The van der Waals surface area contributed by atoms with Crippen LogP contribution in [0.15, 0.2) is 5.03 Å². The third-order valence-electron chi connectivity index (χ3n) is 2.53. The molecule has 0 aromatic carbocycles. The van der Waals surface area contributed by atoms with Crippen molar-refractivity contribution in [3.05, 3.63) is 0 Å². The van der Waals surface area contributed by atoms with Gasteiger partial charge in [0.2, 0.25) is 0 Å². The van der Waals surface area contributed by atoms with Crippen molar-refractivity contribution in [3.63, 3.8) is 0 Å². The lowest BCUT2D eigenvalue weighted by molar-refractivity contribution is -0.155. The minimum absolute atomic E-state index is 0.0194. The second kappa shape index (κ2) is 5.98. The van der Waals surface area contributed by atoms with E-state index in [1.807, 2.05) is 0 Å². The molecule has 0 radical (unpaired) electrons. The van der Waals surface area contributed by atoms with Crippen molar-refractivity contribution in [2.75, 3.05) is 17.7 Å². The van der Waals surface area contributed by atoms with Gasteiger partial charge in [-0.05, 0) is 20.8 Å². The smallest absolute Gasteiger partial charge is 0.422 e. The Bertz CT molecular complexity index is 631. The maximum Gasteiger partial charge on any atom is 0.422 e. The van der Waals surface area contributed by atoms with Crippen molar-refractivity contribution in [1.29, 1.82) is 0 Å². The molecule has 0 bridgehead atoms. The topological polar surface area (TPSA) is 73.2 Å². The molecule has 0 aliphatic carbocycles. The molecule has 1 rings (SSSR count). The van der Waals surface area contributed by atoms with E-state index in [0.717, 1.165) is 4.57 Å². The number of alkyl halides is 3. The zero-order valence-corrected chi connectivity index (χ0v) is 13.9. The van der Waals surface area contributed by atoms with Crippen molar-refractivity contribution >= 4 is 15.7 Å². The van der Waals surface area contributed by atoms with Crippen molar-refractivity contribution in [2.24, 2.45) is 7.05 Å². The summed E-state index contributed by atoms with van der Waals surface area (Å²) in [4.78, 5) is 3.86. The van der Waals surface area contributed by atoms with E-state index in [1.54, 1.807) is 20.8 Å². The highest BCUT2D eigenvalue weighted by molar-refractivity contribution is 7.91. The normalized spacial score (nSPS) is 13.3. The average molecular weight is 343 g/mol. The van der Waals surface area contributed by atoms with Gasteiger partial charge in [0.25, 0.3) is 6.01 Å². The predicted octanol–water partition coefficient (Wildman–Crippen LogP) is 2.37. The van der Waals surface area contributed by atoms with Gasteiger partial charge in [0.05, 0.1) is 5.75 Å². The van der Waals surface area contributed by atoms with E-state index in [1.165, 1.54) is 14.0 Å². The van der Waals surface area contributed by atoms with Crippen LogP contribution in [0.4, 0.5) is 19.0 Å². The Morgan fingerprint density at radius 3 is 2.23 bits per heavy atom. The van der Waals surface area contributed by atoms with Crippen LogP contribution in [0.3, 0.4) is 0 Å². The van der Waals surface area contributed by atoms with Crippen LogP contribution in [0.25, 0.3) is 0 Å². The van der Waals surface area contributed by atoms with Crippen LogP contribution in [-0.4, -0.2) is 42.0 Å². The van der Waals surface area contributed by atoms with E-state index in [0.29, 0.717) is 0 Å². The lowest BCUT2D eigenvalue weighted by Crippen LogP contribution is -2.27. The van der Waals surface area contributed by atoms with Gasteiger partial charge >= 0.3 is 6.18 Å². The lowest BCUT2D eigenvalue weighted by Gasteiger charge is -2.21. The standard InChI is InChI=1S/C12H20F3N3O3S/c1-6-22(19,20)9-8(17-11(2,3)4)16-10(18(9)5)21-7-12(13,14)15/h17H,6-7H2,1-5H3. The number of aromatic nitrogens is 2. The molecule has 1 aromatic rings. The number of anilines is 1. The Labute approximate surface area is 127 Å². The number of halogens is 3. The number of nitrogens with zero attached hydrogens (tertiary/aromatic N) is 2. The third-order valence-corrected chi connectivity index (χ3v) is 4.35. The Kier molecular flexibility index (Phi) is 5.05. The van der Waals surface area contributed by atoms with Crippen molar-refractivity contribution in [3.8, 4) is 6.01 Å². The zero-order valence-electron chi connectivity index (χ0n) is 13.1. The molecule has 1 N–H and O–H groups in total. The summed E-state index contributed by atoms with van der Waals surface area (Å²) in [5.74, 6) is -0.224. The third kappa shape index (κ3) is 4.79. The fraction of sp³-hybridized carbons (Fsp3) is 0.750. The second-order valence-corrected chi connectivity index (χ2v) is 7.98. The molecule has 0 amide bonds. The van der Waals surface area contributed by atoms with E-state index in [9.17, 15) is 21.6 Å². The van der Waals surface area contributed by atoms with Crippen LogP contribution in [0.1, 0.15) is 27.7 Å². The van der Waals surface area contributed by atoms with Gasteiger partial charge in [-0.3, -0.25) is 4.57 Å². The molecule has 0 unspecified atom stereocenters. The molecule has 1 aromatic heterocycles. The Morgan fingerprint density at radius 2 is 1.82 bits per heavy atom. The second-order valence-electron chi connectivity index (χ2n) is 5.79. The number of ether oxygens (including phenoxy) is 1. The molecular weight excluding hydrogens is 323 g/mol. The number of hydrogen-bond acceptors (Lipinski definition) is 5. The van der Waals surface area contributed by atoms with E-state index in [4.69, 9.17) is 0 Å². The monoisotopic (exact) mass is 343 g/mol. The van der Waals surface area contributed by atoms with Crippen LogP contribution < -0.4 is 10.1 Å². The minimum Gasteiger partial charge on any atom is -0.455 e. The van der Waals surface area contributed by atoms with Gasteiger partial charge < -0.3 is 10.1 Å². The molecule has 0 saturated heterocycles. The van der Waals surface area contributed by atoms with Gasteiger partial charge in [-0.2, -0.15) is 18.2 Å². The summed E-state index contributed by atoms with van der Waals surface area (Å²) >= 11 is 0. The number of hydrogen-bond donors (Lipinski definition) is 1. The van der Waals surface area contributed by atoms with E-state index >= 15 is 0 Å². The molecule has 10 heteroatoms. The Hall–Kier alpha value is -1.45. The SMILES string of the molecule is CCS(=O)(=O)c1c(NC(C)(C)C)nc(OCC(F)(F)F)n1C. The summed E-state index contributed by atoms with van der Waals surface area (Å²) in [7, 11) is -2.39. The fourth-order valence-electron chi connectivity index (χ4n) is 1.67. The van der Waals surface area contributed by atoms with E-state index in [2.05, 4.69) is 15.0 Å². The lowest BCUT2D eigenvalue weighted by atomic mass is 10.1. The molecule has 0 aliphatic rings. The molecule has 1 heterocycles. The summed E-state index contributed by atoms with van der Waals surface area (Å²) in [6.07, 6.45) is -4.53. The van der Waals surface area contributed by atoms with Crippen LogP contribution in [-0.2, 0) is 16.9 Å². The maximum absolute atomic E-state index is 12.3. The molecule has 0 fully saturated rings. The molecule has 0 aliphatic heterocycles. The summed E-state index contributed by atoms with van der Waals surface area (Å²) < 4.78 is 66.7. The Morgan fingerprint density at radius 1 is 1.27 bits per heavy atom. The molecule has 22 heavy (non-hydrogen) atoms. The van der Waals surface area contributed by atoms with Crippen molar-refractivity contribution in [2.45, 2.75) is 44.4 Å². The highest BCUT2D eigenvalue weighted by Gasteiger charge is 2.32. The first-order chi connectivity index (χ1) is 9.77. The summed E-state index contributed by atoms with van der Waals surface area (Å²) in [6, 6.07) is -0.406. The molecule has 6 nitrogen and oxygen atoms in total.